The Hall–Kier alpha value is -3.05. The topological polar surface area (TPSA) is 74.6 Å². The number of nitrogens with one attached hydrogen (secondary N) is 1. The number of ether oxygens (including phenoxy) is 2. The van der Waals surface area contributed by atoms with Crippen molar-refractivity contribution in [1.82, 2.24) is 4.90 Å². The maximum absolute atomic E-state index is 12.4. The molecule has 0 atom stereocenters. The van der Waals surface area contributed by atoms with Crippen LogP contribution in [0.25, 0.3) is 0 Å². The van der Waals surface area contributed by atoms with E-state index in [1.807, 2.05) is 24.3 Å². The molecule has 3 aromatic rings. The van der Waals surface area contributed by atoms with Gasteiger partial charge in [0.15, 0.2) is 6.61 Å². The zero-order chi connectivity index (χ0) is 21.6. The minimum absolute atomic E-state index is 0. The number of hydrogen-bond donors (Lipinski definition) is 1. The fourth-order valence-electron chi connectivity index (χ4n) is 3.64. The van der Waals surface area contributed by atoms with Crippen LogP contribution in [0.2, 0.25) is 0 Å². The van der Waals surface area contributed by atoms with Crippen LogP contribution in [0.5, 0.6) is 11.5 Å². The van der Waals surface area contributed by atoms with Crippen molar-refractivity contribution in [2.75, 3.05) is 25.6 Å². The maximum Gasteiger partial charge on any atom is 0.262 e. The summed E-state index contributed by atoms with van der Waals surface area (Å²) in [5.41, 5.74) is 2.90. The first-order valence-electron chi connectivity index (χ1n) is 10.0. The fourth-order valence-corrected chi connectivity index (χ4v) is 4.90. The highest BCUT2D eigenvalue weighted by Crippen LogP contribution is 2.37. The van der Waals surface area contributed by atoms with Gasteiger partial charge in [0.25, 0.3) is 5.91 Å². The Kier molecular flexibility index (Phi) is 8.12. The molecule has 32 heavy (non-hydrogen) atoms. The normalized spacial score (nSPS) is 12.8. The first-order chi connectivity index (χ1) is 15.2. The highest BCUT2D eigenvalue weighted by molar-refractivity contribution is 7.16. The van der Waals surface area contributed by atoms with Gasteiger partial charge in [-0.2, -0.15) is 5.26 Å². The molecule has 6 nitrogen and oxygen atoms in total. The molecule has 0 bridgehead atoms. The highest BCUT2D eigenvalue weighted by Gasteiger charge is 2.25. The summed E-state index contributed by atoms with van der Waals surface area (Å²) in [6.07, 6.45) is 0.803. The average molecular weight is 470 g/mol. The molecule has 1 aliphatic heterocycles. The second-order valence-electron chi connectivity index (χ2n) is 7.28. The van der Waals surface area contributed by atoms with Gasteiger partial charge < -0.3 is 14.8 Å². The van der Waals surface area contributed by atoms with Crippen molar-refractivity contribution in [2.45, 2.75) is 19.5 Å². The van der Waals surface area contributed by atoms with Crippen LogP contribution in [-0.2, 0) is 24.3 Å². The molecule has 1 N–H and O–H groups in total. The lowest BCUT2D eigenvalue weighted by atomic mass is 10.0. The number of anilines is 1. The molecular weight excluding hydrogens is 446 g/mol. The van der Waals surface area contributed by atoms with Crippen molar-refractivity contribution in [3.05, 3.63) is 76.2 Å². The van der Waals surface area contributed by atoms with E-state index in [9.17, 15) is 10.1 Å². The van der Waals surface area contributed by atoms with Crippen LogP contribution in [0.3, 0.4) is 0 Å². The van der Waals surface area contributed by atoms with E-state index in [-0.39, 0.29) is 24.9 Å². The Morgan fingerprint density at radius 2 is 1.97 bits per heavy atom. The Morgan fingerprint density at radius 1 is 1.19 bits per heavy atom. The van der Waals surface area contributed by atoms with Gasteiger partial charge in [0.05, 0.1) is 12.7 Å². The lowest BCUT2D eigenvalue weighted by Crippen LogP contribution is -2.29. The van der Waals surface area contributed by atoms with E-state index in [0.717, 1.165) is 36.5 Å². The Balaban J connectivity index is 0.00000289. The number of benzene rings is 2. The minimum Gasteiger partial charge on any atom is -0.497 e. The number of hydrogen-bond acceptors (Lipinski definition) is 6. The zero-order valence-electron chi connectivity index (χ0n) is 17.7. The smallest absolute Gasteiger partial charge is 0.262 e. The predicted molar refractivity (Wildman–Crippen MR) is 128 cm³/mol. The van der Waals surface area contributed by atoms with Gasteiger partial charge in [0, 0.05) is 30.6 Å². The van der Waals surface area contributed by atoms with Crippen LogP contribution in [0, 0.1) is 11.3 Å². The molecule has 0 spiro atoms. The summed E-state index contributed by atoms with van der Waals surface area (Å²) >= 11 is 1.49. The van der Waals surface area contributed by atoms with E-state index < -0.39 is 0 Å². The van der Waals surface area contributed by atoms with Gasteiger partial charge in [-0.3, -0.25) is 9.69 Å². The van der Waals surface area contributed by atoms with Gasteiger partial charge >= 0.3 is 0 Å². The Labute approximate surface area is 197 Å². The van der Waals surface area contributed by atoms with Crippen LogP contribution in [-0.4, -0.2) is 31.1 Å². The maximum atomic E-state index is 12.4. The molecule has 166 valence electrons. The molecule has 4 rings (SSSR count). The highest BCUT2D eigenvalue weighted by atomic mass is 35.5. The third-order valence-corrected chi connectivity index (χ3v) is 6.29. The molecule has 0 fully saturated rings. The second kappa shape index (κ2) is 11.0. The number of carbonyl (C=O) groups is 1. The van der Waals surface area contributed by atoms with Gasteiger partial charge in [-0.15, -0.1) is 23.7 Å². The van der Waals surface area contributed by atoms with Crippen molar-refractivity contribution in [1.29, 1.82) is 5.26 Å². The summed E-state index contributed by atoms with van der Waals surface area (Å²) in [7, 11) is 1.58. The van der Waals surface area contributed by atoms with E-state index in [0.29, 0.717) is 22.1 Å². The monoisotopic (exact) mass is 469 g/mol. The van der Waals surface area contributed by atoms with Crippen molar-refractivity contribution in [3.63, 3.8) is 0 Å². The van der Waals surface area contributed by atoms with E-state index in [2.05, 4.69) is 28.4 Å². The van der Waals surface area contributed by atoms with Gasteiger partial charge in [-0.25, -0.2) is 0 Å². The average Bonchev–Trinajstić information content (AvgIpc) is 3.14. The fraction of sp³-hybridized carbons (Fsp3) is 0.250. The molecule has 0 saturated heterocycles. The number of amides is 1. The quantitative estimate of drug-likeness (QED) is 0.546. The largest absolute Gasteiger partial charge is 0.497 e. The minimum atomic E-state index is -0.293. The third kappa shape index (κ3) is 5.60. The van der Waals surface area contributed by atoms with E-state index in [1.54, 1.807) is 25.3 Å². The SMILES string of the molecule is COc1cccc(OCC(=O)Nc2sc3c(c2C#N)CCN(Cc2ccccc2)C3)c1.Cl. The lowest BCUT2D eigenvalue weighted by molar-refractivity contribution is -0.118. The number of thiophene rings is 1. The first kappa shape index (κ1) is 23.6. The number of rotatable bonds is 7. The molecule has 0 saturated carbocycles. The summed E-state index contributed by atoms with van der Waals surface area (Å²) in [6.45, 7) is 2.40. The number of nitrogens with zero attached hydrogens (tertiary/aromatic N) is 2. The standard InChI is InChI=1S/C24H23N3O3S.ClH/c1-29-18-8-5-9-19(12-18)30-16-23(28)26-24-21(13-25)20-10-11-27(15-22(20)31-24)14-17-6-3-2-4-7-17;/h2-9,12H,10-11,14-16H2,1H3,(H,26,28);1H. The van der Waals surface area contributed by atoms with Gasteiger partial charge in [-0.05, 0) is 29.7 Å². The van der Waals surface area contributed by atoms with Gasteiger partial charge in [0.2, 0.25) is 0 Å². The van der Waals surface area contributed by atoms with Crippen LogP contribution in [0.1, 0.15) is 21.6 Å². The molecular formula is C24H24ClN3O3S. The lowest BCUT2D eigenvalue weighted by Gasteiger charge is -2.26. The summed E-state index contributed by atoms with van der Waals surface area (Å²) < 4.78 is 10.7. The van der Waals surface area contributed by atoms with Crippen LogP contribution < -0.4 is 14.8 Å². The summed E-state index contributed by atoms with van der Waals surface area (Å²) in [5, 5.41) is 13.2. The molecule has 0 aliphatic carbocycles. The number of halogens is 1. The summed E-state index contributed by atoms with van der Waals surface area (Å²) in [6, 6.07) is 19.7. The first-order valence-corrected chi connectivity index (χ1v) is 10.9. The summed E-state index contributed by atoms with van der Waals surface area (Å²) in [4.78, 5) is 16.0. The Morgan fingerprint density at radius 3 is 2.72 bits per heavy atom. The molecule has 8 heteroatoms. The molecule has 1 aromatic heterocycles. The molecule has 1 aliphatic rings. The number of nitriles is 1. The van der Waals surface area contributed by atoms with Gasteiger partial charge in [-0.1, -0.05) is 36.4 Å². The van der Waals surface area contributed by atoms with Crippen LogP contribution >= 0.6 is 23.7 Å². The Bertz CT molecular complexity index is 1110. The van der Waals surface area contributed by atoms with E-state index in [4.69, 9.17) is 9.47 Å². The summed E-state index contributed by atoms with van der Waals surface area (Å²) in [5.74, 6) is 0.923. The van der Waals surface area contributed by atoms with Crippen LogP contribution in [0.4, 0.5) is 5.00 Å². The molecule has 2 aromatic carbocycles. The van der Waals surface area contributed by atoms with Crippen molar-refractivity contribution in [2.24, 2.45) is 0 Å². The molecule has 2 heterocycles. The zero-order valence-corrected chi connectivity index (χ0v) is 19.3. The van der Waals surface area contributed by atoms with E-state index >= 15 is 0 Å². The van der Waals surface area contributed by atoms with Crippen molar-refractivity contribution < 1.29 is 14.3 Å². The second-order valence-corrected chi connectivity index (χ2v) is 8.39. The molecule has 0 radical (unpaired) electrons. The van der Waals surface area contributed by atoms with Crippen molar-refractivity contribution in [3.8, 4) is 17.6 Å². The predicted octanol–water partition coefficient (Wildman–Crippen LogP) is 4.63. The third-order valence-electron chi connectivity index (χ3n) is 5.16. The van der Waals surface area contributed by atoms with Crippen LogP contribution in [0.15, 0.2) is 54.6 Å². The number of carbonyl (C=O) groups excluding carboxylic acids is 1. The van der Waals surface area contributed by atoms with E-state index in [1.165, 1.54) is 16.9 Å². The molecule has 0 unspecified atom stereocenters. The number of fused-ring (bicyclic) bond motifs is 1. The number of methoxy groups -OCH3 is 1. The van der Waals surface area contributed by atoms with Crippen molar-refractivity contribution >= 4 is 34.7 Å². The molecule has 1 amide bonds. The van der Waals surface area contributed by atoms with Gasteiger partial charge in [0.1, 0.15) is 22.6 Å².